The van der Waals surface area contributed by atoms with E-state index in [9.17, 15) is 13.2 Å². The van der Waals surface area contributed by atoms with Gasteiger partial charge in [-0.15, -0.1) is 0 Å². The van der Waals surface area contributed by atoms with Gasteiger partial charge < -0.3 is 5.32 Å². The van der Waals surface area contributed by atoms with E-state index < -0.39 is 10.0 Å². The second-order valence-electron chi connectivity index (χ2n) is 4.79. The summed E-state index contributed by atoms with van der Waals surface area (Å²) in [6.45, 7) is 4.61. The Morgan fingerprint density at radius 1 is 1.21 bits per heavy atom. The third-order valence-corrected chi connectivity index (χ3v) is 5.18. The lowest BCUT2D eigenvalue weighted by Gasteiger charge is -2.19. The Balaban J connectivity index is 2.35. The predicted octanol–water partition coefficient (Wildman–Crippen LogP) is 0.814. The molecule has 1 aromatic rings. The van der Waals surface area contributed by atoms with E-state index in [1.54, 1.807) is 18.2 Å². The first-order valence-corrected chi connectivity index (χ1v) is 7.69. The molecule has 1 aromatic carbocycles. The van der Waals surface area contributed by atoms with Crippen molar-refractivity contribution in [1.29, 1.82) is 0 Å². The lowest BCUT2D eigenvalue weighted by molar-refractivity contribution is -0.120. The fourth-order valence-electron chi connectivity index (χ4n) is 2.01. The van der Waals surface area contributed by atoms with Gasteiger partial charge in [0.1, 0.15) is 0 Å². The van der Waals surface area contributed by atoms with E-state index in [1.807, 2.05) is 13.8 Å². The maximum Gasteiger partial charge on any atom is 0.243 e. The molecular weight excluding hydrogens is 264 g/mol. The van der Waals surface area contributed by atoms with Gasteiger partial charge in [0.25, 0.3) is 0 Å². The number of sulfonamides is 1. The molecule has 0 bridgehead atoms. The molecule has 5 nitrogen and oxygen atoms in total. The summed E-state index contributed by atoms with van der Waals surface area (Å²) in [5.74, 6) is -0.245. The summed E-state index contributed by atoms with van der Waals surface area (Å²) in [6.07, 6.45) is 0.635. The van der Waals surface area contributed by atoms with Gasteiger partial charge in [-0.05, 0) is 43.5 Å². The molecular formula is C13H18N2O3S. The normalized spacial score (nSPS) is 17.9. The van der Waals surface area contributed by atoms with Gasteiger partial charge in [-0.2, -0.15) is 4.31 Å². The van der Waals surface area contributed by atoms with E-state index in [4.69, 9.17) is 0 Å². The van der Waals surface area contributed by atoms with E-state index in [-0.39, 0.29) is 17.3 Å². The summed E-state index contributed by atoms with van der Waals surface area (Å²) in [5.41, 5.74) is 1.98. The molecule has 0 saturated carbocycles. The van der Waals surface area contributed by atoms with E-state index in [2.05, 4.69) is 5.32 Å². The first kappa shape index (κ1) is 14.0. The van der Waals surface area contributed by atoms with Crippen LogP contribution >= 0.6 is 0 Å². The molecule has 0 atom stereocenters. The van der Waals surface area contributed by atoms with Crippen molar-refractivity contribution in [3.8, 4) is 0 Å². The molecule has 104 valence electrons. The molecule has 1 amide bonds. The number of hydrogen-bond donors (Lipinski definition) is 1. The van der Waals surface area contributed by atoms with Gasteiger partial charge in [-0.3, -0.25) is 4.79 Å². The molecule has 1 aliphatic rings. The minimum atomic E-state index is -3.59. The van der Waals surface area contributed by atoms with Gasteiger partial charge in [0.05, 0.1) is 11.4 Å². The van der Waals surface area contributed by atoms with Crippen molar-refractivity contribution in [3.63, 3.8) is 0 Å². The molecule has 1 aliphatic heterocycles. The van der Waals surface area contributed by atoms with Crippen molar-refractivity contribution in [3.05, 3.63) is 29.3 Å². The van der Waals surface area contributed by atoms with Crippen LogP contribution < -0.4 is 5.32 Å². The third kappa shape index (κ3) is 2.96. The number of carbonyl (C=O) groups is 1. The van der Waals surface area contributed by atoms with Crippen molar-refractivity contribution in [2.45, 2.75) is 25.2 Å². The average Bonchev–Trinajstić information content (AvgIpc) is 2.57. The van der Waals surface area contributed by atoms with Gasteiger partial charge in [0.15, 0.2) is 0 Å². The van der Waals surface area contributed by atoms with Crippen molar-refractivity contribution in [1.82, 2.24) is 9.62 Å². The SMILES string of the molecule is Cc1ccc(S(=O)(=O)N2CCCNC(=O)C2)cc1C. The first-order valence-electron chi connectivity index (χ1n) is 6.25. The number of amides is 1. The van der Waals surface area contributed by atoms with Crippen LogP contribution in [0.25, 0.3) is 0 Å². The topological polar surface area (TPSA) is 66.5 Å². The maximum atomic E-state index is 12.5. The number of nitrogens with one attached hydrogen (secondary N) is 1. The standard InChI is InChI=1S/C13H18N2O3S/c1-10-4-5-12(8-11(10)2)19(17,18)15-7-3-6-14-13(16)9-15/h4-5,8H,3,6-7,9H2,1-2H3,(H,14,16). The van der Waals surface area contributed by atoms with Gasteiger partial charge >= 0.3 is 0 Å². The zero-order chi connectivity index (χ0) is 14.0. The number of hydrogen-bond acceptors (Lipinski definition) is 3. The zero-order valence-corrected chi connectivity index (χ0v) is 12.0. The van der Waals surface area contributed by atoms with Crippen LogP contribution in [-0.2, 0) is 14.8 Å². The molecule has 1 saturated heterocycles. The molecule has 6 heteroatoms. The number of benzene rings is 1. The largest absolute Gasteiger partial charge is 0.355 e. The Hall–Kier alpha value is -1.40. The van der Waals surface area contributed by atoms with E-state index in [0.717, 1.165) is 11.1 Å². The lowest BCUT2D eigenvalue weighted by atomic mass is 10.1. The number of nitrogens with zero attached hydrogens (tertiary/aromatic N) is 1. The van der Waals surface area contributed by atoms with Crippen LogP contribution in [0.5, 0.6) is 0 Å². The second kappa shape index (κ2) is 5.30. The molecule has 19 heavy (non-hydrogen) atoms. The summed E-state index contributed by atoms with van der Waals surface area (Å²) in [4.78, 5) is 11.7. The van der Waals surface area contributed by atoms with E-state index in [1.165, 1.54) is 4.31 Å². The quantitative estimate of drug-likeness (QED) is 0.873. The maximum absolute atomic E-state index is 12.5. The smallest absolute Gasteiger partial charge is 0.243 e. The minimum absolute atomic E-state index is 0.102. The highest BCUT2D eigenvalue weighted by molar-refractivity contribution is 7.89. The highest BCUT2D eigenvalue weighted by Crippen LogP contribution is 2.19. The summed E-state index contributed by atoms with van der Waals surface area (Å²) in [6, 6.07) is 5.05. The van der Waals surface area contributed by atoms with E-state index in [0.29, 0.717) is 19.5 Å². The van der Waals surface area contributed by atoms with Crippen molar-refractivity contribution < 1.29 is 13.2 Å². The number of aryl methyl sites for hydroxylation is 2. The van der Waals surface area contributed by atoms with Gasteiger partial charge in [-0.1, -0.05) is 6.07 Å². The summed E-state index contributed by atoms with van der Waals surface area (Å²) in [7, 11) is -3.59. The Labute approximate surface area is 113 Å². The summed E-state index contributed by atoms with van der Waals surface area (Å²) >= 11 is 0. The average molecular weight is 282 g/mol. The fraction of sp³-hybridized carbons (Fsp3) is 0.462. The first-order chi connectivity index (χ1) is 8.91. The highest BCUT2D eigenvalue weighted by atomic mass is 32.2. The Morgan fingerprint density at radius 3 is 2.63 bits per heavy atom. The third-order valence-electron chi connectivity index (χ3n) is 3.34. The Bertz CT molecular complexity index is 596. The molecule has 1 fully saturated rings. The second-order valence-corrected chi connectivity index (χ2v) is 6.73. The summed E-state index contributed by atoms with van der Waals surface area (Å²) < 4.78 is 26.2. The molecule has 2 rings (SSSR count). The van der Waals surface area contributed by atoms with E-state index >= 15 is 0 Å². The number of rotatable bonds is 2. The monoisotopic (exact) mass is 282 g/mol. The van der Waals surface area contributed by atoms with Crippen LogP contribution in [0.1, 0.15) is 17.5 Å². The lowest BCUT2D eigenvalue weighted by Crippen LogP contribution is -2.37. The fourth-order valence-corrected chi connectivity index (χ4v) is 3.53. The highest BCUT2D eigenvalue weighted by Gasteiger charge is 2.28. The Kier molecular flexibility index (Phi) is 3.91. The number of carbonyl (C=O) groups excluding carboxylic acids is 1. The van der Waals surface area contributed by atoms with Crippen molar-refractivity contribution in [2.24, 2.45) is 0 Å². The van der Waals surface area contributed by atoms with Crippen LogP contribution in [0.15, 0.2) is 23.1 Å². The molecule has 0 aromatic heterocycles. The molecule has 0 aliphatic carbocycles. The molecule has 1 N–H and O–H groups in total. The molecule has 1 heterocycles. The van der Waals surface area contributed by atoms with Crippen LogP contribution in [0.3, 0.4) is 0 Å². The van der Waals surface area contributed by atoms with Crippen LogP contribution in [-0.4, -0.2) is 38.3 Å². The minimum Gasteiger partial charge on any atom is -0.355 e. The van der Waals surface area contributed by atoms with Crippen LogP contribution in [0, 0.1) is 13.8 Å². The molecule has 0 spiro atoms. The Morgan fingerprint density at radius 2 is 1.95 bits per heavy atom. The van der Waals surface area contributed by atoms with Gasteiger partial charge in [0.2, 0.25) is 15.9 Å². The van der Waals surface area contributed by atoms with Gasteiger partial charge in [-0.25, -0.2) is 8.42 Å². The molecule has 0 radical (unpaired) electrons. The van der Waals surface area contributed by atoms with Crippen LogP contribution in [0.2, 0.25) is 0 Å². The zero-order valence-electron chi connectivity index (χ0n) is 11.1. The van der Waals surface area contributed by atoms with Gasteiger partial charge in [0, 0.05) is 13.1 Å². The summed E-state index contributed by atoms with van der Waals surface area (Å²) in [5, 5.41) is 2.67. The molecule has 0 unspecified atom stereocenters. The predicted molar refractivity (Wildman–Crippen MR) is 72.3 cm³/mol. The van der Waals surface area contributed by atoms with Crippen molar-refractivity contribution in [2.75, 3.05) is 19.6 Å². The van der Waals surface area contributed by atoms with Crippen LogP contribution in [0.4, 0.5) is 0 Å². The van der Waals surface area contributed by atoms with Crippen molar-refractivity contribution >= 4 is 15.9 Å².